The number of hydrogen-bond acceptors (Lipinski definition) is 4. The number of carbonyl (C=O) groups excluding carboxylic acids is 1. The summed E-state index contributed by atoms with van der Waals surface area (Å²) in [5.41, 5.74) is 3.72. The second-order valence-corrected chi connectivity index (χ2v) is 11.0. The maximum absolute atomic E-state index is 13.7. The molecule has 0 N–H and O–H groups in total. The van der Waals surface area contributed by atoms with Gasteiger partial charge in [0.2, 0.25) is 0 Å². The van der Waals surface area contributed by atoms with Gasteiger partial charge in [0.1, 0.15) is 0 Å². The molecule has 1 unspecified atom stereocenters. The van der Waals surface area contributed by atoms with E-state index in [0.29, 0.717) is 11.1 Å². The molecule has 35 heavy (non-hydrogen) atoms. The Morgan fingerprint density at radius 1 is 1.03 bits per heavy atom. The van der Waals surface area contributed by atoms with E-state index in [1.54, 1.807) is 50.4 Å². The minimum absolute atomic E-state index is 0.217. The molecule has 4 rings (SSSR count). The van der Waals surface area contributed by atoms with Crippen LogP contribution in [-0.4, -0.2) is 25.0 Å². The molecule has 1 aromatic heterocycles. The highest BCUT2D eigenvalue weighted by atomic mass is 79.9. The van der Waals surface area contributed by atoms with Gasteiger partial charge >= 0.3 is 5.97 Å². The molecule has 0 radical (unpaired) electrons. The van der Waals surface area contributed by atoms with Crippen LogP contribution in [0.3, 0.4) is 0 Å². The lowest BCUT2D eigenvalue weighted by atomic mass is 9.89. The number of allylic oxidation sites excluding steroid dienone is 1. The second kappa shape index (κ2) is 10.2. The zero-order chi connectivity index (χ0) is 25.2. The van der Waals surface area contributed by atoms with E-state index in [1.807, 2.05) is 55.5 Å². The van der Waals surface area contributed by atoms with Gasteiger partial charge in [-0.05, 0) is 62.2 Å². The van der Waals surface area contributed by atoms with Crippen molar-refractivity contribution in [3.05, 3.63) is 112 Å². The maximum Gasteiger partial charge on any atom is 0.333 e. The van der Waals surface area contributed by atoms with Crippen LogP contribution < -0.4 is 0 Å². The summed E-state index contributed by atoms with van der Waals surface area (Å²) < 4.78 is 34.8. The Kier molecular flexibility index (Phi) is 7.28. The van der Waals surface area contributed by atoms with Gasteiger partial charge in [0.05, 0.1) is 17.0 Å². The fourth-order valence-electron chi connectivity index (χ4n) is 4.04. The van der Waals surface area contributed by atoms with Crippen LogP contribution in [0.25, 0.3) is 10.9 Å². The molecular formula is C28H26BrNO4S. The number of fused-ring (bicyclic) bond motifs is 1. The number of benzene rings is 3. The summed E-state index contributed by atoms with van der Waals surface area (Å²) in [4.78, 5) is 12.7. The highest BCUT2D eigenvalue weighted by molar-refractivity contribution is 9.10. The lowest BCUT2D eigenvalue weighted by Gasteiger charge is -2.15. The first kappa shape index (κ1) is 24.9. The van der Waals surface area contributed by atoms with Crippen LogP contribution in [0.4, 0.5) is 0 Å². The Hall–Kier alpha value is -3.16. The molecule has 0 fully saturated rings. The fraction of sp³-hybridized carbons (Fsp3) is 0.179. The van der Waals surface area contributed by atoms with Gasteiger partial charge in [0.25, 0.3) is 10.0 Å². The SMILES string of the molecule is CCOC(=O)/C(C)=C\C(c1ccc(Br)cc1)c1cn(S(=O)(=O)c2ccc(C)cc2)c2ccccc12. The molecule has 0 spiro atoms. The van der Waals surface area contributed by atoms with Gasteiger partial charge in [-0.15, -0.1) is 0 Å². The Morgan fingerprint density at radius 2 is 1.69 bits per heavy atom. The Bertz CT molecular complexity index is 1500. The van der Waals surface area contributed by atoms with Gasteiger partial charge in [-0.2, -0.15) is 0 Å². The molecule has 4 aromatic rings. The van der Waals surface area contributed by atoms with Crippen molar-refractivity contribution in [3.63, 3.8) is 0 Å². The van der Waals surface area contributed by atoms with Crippen molar-refractivity contribution in [2.24, 2.45) is 0 Å². The van der Waals surface area contributed by atoms with E-state index < -0.39 is 16.0 Å². The van der Waals surface area contributed by atoms with Crippen LogP contribution in [0.2, 0.25) is 0 Å². The predicted molar refractivity (Wildman–Crippen MR) is 142 cm³/mol. The van der Waals surface area contributed by atoms with Crippen molar-refractivity contribution in [2.45, 2.75) is 31.6 Å². The number of aryl methyl sites for hydroxylation is 1. The summed E-state index contributed by atoms with van der Waals surface area (Å²) >= 11 is 3.47. The molecule has 3 aromatic carbocycles. The van der Waals surface area contributed by atoms with E-state index in [2.05, 4.69) is 15.9 Å². The molecule has 0 aliphatic rings. The summed E-state index contributed by atoms with van der Waals surface area (Å²) in [7, 11) is -3.84. The van der Waals surface area contributed by atoms with Crippen molar-refractivity contribution in [2.75, 3.05) is 6.61 Å². The van der Waals surface area contributed by atoms with E-state index in [1.165, 1.54) is 3.97 Å². The summed E-state index contributed by atoms with van der Waals surface area (Å²) in [6, 6.07) is 22.0. The van der Waals surface area contributed by atoms with Crippen LogP contribution in [0, 0.1) is 6.92 Å². The first-order valence-electron chi connectivity index (χ1n) is 11.3. The zero-order valence-electron chi connectivity index (χ0n) is 19.7. The van der Waals surface area contributed by atoms with E-state index in [-0.39, 0.29) is 17.4 Å². The van der Waals surface area contributed by atoms with Crippen LogP contribution >= 0.6 is 15.9 Å². The molecule has 0 saturated heterocycles. The average Bonchev–Trinajstić information content (AvgIpc) is 3.24. The smallest absolute Gasteiger partial charge is 0.333 e. The molecule has 0 aliphatic heterocycles. The standard InChI is InChI=1S/C28H26BrNO4S/c1-4-34-28(31)20(3)17-25(21-11-13-22(29)14-12-21)26-18-30(27-8-6-5-7-24(26)27)35(32,33)23-15-9-19(2)10-16-23/h5-18,25H,4H2,1-3H3/b20-17-. The van der Waals surface area contributed by atoms with Gasteiger partial charge in [-0.3, -0.25) is 0 Å². The highest BCUT2D eigenvalue weighted by Crippen LogP contribution is 2.36. The maximum atomic E-state index is 13.7. The third kappa shape index (κ3) is 5.11. The normalized spacial score (nSPS) is 13.1. The van der Waals surface area contributed by atoms with Gasteiger partial charge < -0.3 is 4.74 Å². The average molecular weight is 552 g/mol. The molecule has 7 heteroatoms. The molecule has 180 valence electrons. The minimum Gasteiger partial charge on any atom is -0.463 e. The van der Waals surface area contributed by atoms with E-state index in [9.17, 15) is 13.2 Å². The summed E-state index contributed by atoms with van der Waals surface area (Å²) in [6.45, 7) is 5.68. The Labute approximate surface area is 214 Å². The fourth-order valence-corrected chi connectivity index (χ4v) is 5.69. The Morgan fingerprint density at radius 3 is 2.34 bits per heavy atom. The van der Waals surface area contributed by atoms with E-state index in [0.717, 1.165) is 26.5 Å². The lowest BCUT2D eigenvalue weighted by molar-refractivity contribution is -0.138. The van der Waals surface area contributed by atoms with Crippen molar-refractivity contribution < 1.29 is 17.9 Å². The number of para-hydroxylation sites is 1. The molecule has 5 nitrogen and oxygen atoms in total. The first-order chi connectivity index (χ1) is 16.7. The zero-order valence-corrected chi connectivity index (χ0v) is 22.1. The number of ether oxygens (including phenoxy) is 1. The van der Waals surface area contributed by atoms with Crippen LogP contribution in [0.5, 0.6) is 0 Å². The summed E-state index contributed by atoms with van der Waals surface area (Å²) in [6.07, 6.45) is 3.51. The third-order valence-electron chi connectivity index (χ3n) is 5.86. The van der Waals surface area contributed by atoms with Crippen molar-refractivity contribution >= 4 is 42.8 Å². The molecule has 0 bridgehead atoms. The van der Waals surface area contributed by atoms with Crippen LogP contribution in [0.15, 0.2) is 100 Å². The van der Waals surface area contributed by atoms with Crippen molar-refractivity contribution in [1.82, 2.24) is 3.97 Å². The van der Waals surface area contributed by atoms with Crippen molar-refractivity contribution in [3.8, 4) is 0 Å². The highest BCUT2D eigenvalue weighted by Gasteiger charge is 2.25. The van der Waals surface area contributed by atoms with E-state index >= 15 is 0 Å². The van der Waals surface area contributed by atoms with Gasteiger partial charge in [-0.1, -0.05) is 70.0 Å². The number of aromatic nitrogens is 1. The number of nitrogens with zero attached hydrogens (tertiary/aromatic N) is 1. The van der Waals surface area contributed by atoms with Gasteiger partial charge in [0, 0.05) is 27.5 Å². The lowest BCUT2D eigenvalue weighted by Crippen LogP contribution is -2.12. The number of esters is 1. The molecular weight excluding hydrogens is 526 g/mol. The van der Waals surface area contributed by atoms with Crippen LogP contribution in [-0.2, 0) is 19.6 Å². The molecule has 1 heterocycles. The number of halogens is 1. The molecule has 0 amide bonds. The quantitative estimate of drug-likeness (QED) is 0.192. The van der Waals surface area contributed by atoms with E-state index in [4.69, 9.17) is 4.74 Å². The largest absolute Gasteiger partial charge is 0.463 e. The molecule has 1 atom stereocenters. The summed E-state index contributed by atoms with van der Waals surface area (Å²) in [5, 5.41) is 0.795. The van der Waals surface area contributed by atoms with Crippen molar-refractivity contribution in [1.29, 1.82) is 0 Å². The first-order valence-corrected chi connectivity index (χ1v) is 13.5. The van der Waals surface area contributed by atoms with Crippen LogP contribution in [0.1, 0.15) is 36.5 Å². The predicted octanol–water partition coefficient (Wildman–Crippen LogP) is 6.59. The molecule has 0 aliphatic carbocycles. The number of rotatable bonds is 7. The summed E-state index contributed by atoms with van der Waals surface area (Å²) in [5.74, 6) is -0.766. The van der Waals surface area contributed by atoms with Gasteiger partial charge in [0.15, 0.2) is 0 Å². The monoisotopic (exact) mass is 551 g/mol. The Balaban J connectivity index is 1.95. The minimum atomic E-state index is -3.84. The number of carbonyl (C=O) groups is 1. The third-order valence-corrected chi connectivity index (χ3v) is 8.08. The second-order valence-electron chi connectivity index (χ2n) is 8.31. The topological polar surface area (TPSA) is 65.4 Å². The van der Waals surface area contributed by atoms with Gasteiger partial charge in [-0.25, -0.2) is 17.2 Å². The molecule has 0 saturated carbocycles. The number of hydrogen-bond donors (Lipinski definition) is 0.